The maximum atomic E-state index is 13.2. The molecule has 8 nitrogen and oxygen atoms in total. The van der Waals surface area contributed by atoms with Gasteiger partial charge in [0.2, 0.25) is 5.60 Å². The van der Waals surface area contributed by atoms with E-state index in [1.54, 1.807) is 70.2 Å². The van der Waals surface area contributed by atoms with E-state index in [1.807, 2.05) is 0 Å². The predicted molar refractivity (Wildman–Crippen MR) is 123 cm³/mol. The molecule has 8 heteroatoms. The highest BCUT2D eigenvalue weighted by molar-refractivity contribution is 5.98. The van der Waals surface area contributed by atoms with Gasteiger partial charge in [0.25, 0.3) is 0 Å². The molecule has 1 aromatic heterocycles. The first-order valence-corrected chi connectivity index (χ1v) is 10.5. The minimum absolute atomic E-state index is 0.0608. The number of carbonyl (C=O) groups excluding carboxylic acids is 2. The van der Waals surface area contributed by atoms with Gasteiger partial charge in [-0.05, 0) is 63.6 Å². The molecule has 1 atom stereocenters. The van der Waals surface area contributed by atoms with Crippen molar-refractivity contribution in [3.05, 3.63) is 59.8 Å². The SMILES string of the molecule is CCOC(=O)[C@@](O)(c1ccc(OC)cc1)c1cn(C(=O)OC(C)(C)C)c2ccc(OC)cc12. The molecule has 3 aromatic rings. The average molecular weight is 456 g/mol. The second-order valence-corrected chi connectivity index (χ2v) is 8.44. The van der Waals surface area contributed by atoms with Gasteiger partial charge in [-0.25, -0.2) is 9.59 Å². The molecule has 0 saturated heterocycles. The number of nitrogens with zero attached hydrogens (tertiary/aromatic N) is 1. The Morgan fingerprint density at radius 2 is 1.58 bits per heavy atom. The fourth-order valence-corrected chi connectivity index (χ4v) is 3.54. The summed E-state index contributed by atoms with van der Waals surface area (Å²) in [5, 5.41) is 12.3. The quantitative estimate of drug-likeness (QED) is 0.555. The van der Waals surface area contributed by atoms with Crippen molar-refractivity contribution in [3.63, 3.8) is 0 Å². The standard InChI is InChI=1S/C25H29NO7/c1-7-32-22(27)25(29,16-8-10-17(30-5)11-9-16)20-15-26(23(28)33-24(2,3)4)21-13-12-18(31-6)14-19(20)21/h8-15,29H,7H2,1-6H3/t25-/m1/s1. The summed E-state index contributed by atoms with van der Waals surface area (Å²) < 4.78 is 22.6. The van der Waals surface area contributed by atoms with Crippen LogP contribution >= 0.6 is 0 Å². The zero-order valence-corrected chi connectivity index (χ0v) is 19.7. The molecule has 176 valence electrons. The van der Waals surface area contributed by atoms with Gasteiger partial charge in [-0.2, -0.15) is 0 Å². The monoisotopic (exact) mass is 455 g/mol. The van der Waals surface area contributed by atoms with Crippen LogP contribution in [0.15, 0.2) is 48.7 Å². The highest BCUT2D eigenvalue weighted by atomic mass is 16.6. The van der Waals surface area contributed by atoms with E-state index in [0.29, 0.717) is 22.4 Å². The van der Waals surface area contributed by atoms with Crippen LogP contribution in [-0.2, 0) is 19.9 Å². The van der Waals surface area contributed by atoms with E-state index < -0.39 is 23.3 Å². The summed E-state index contributed by atoms with van der Waals surface area (Å²) >= 11 is 0. The topological polar surface area (TPSA) is 96.2 Å². The molecule has 1 heterocycles. The van der Waals surface area contributed by atoms with E-state index in [-0.39, 0.29) is 17.7 Å². The van der Waals surface area contributed by atoms with Crippen LogP contribution in [0.4, 0.5) is 4.79 Å². The van der Waals surface area contributed by atoms with Crippen molar-refractivity contribution in [2.45, 2.75) is 38.9 Å². The first-order valence-electron chi connectivity index (χ1n) is 10.5. The molecule has 3 rings (SSSR count). The molecule has 0 bridgehead atoms. The first-order chi connectivity index (χ1) is 15.5. The summed E-state index contributed by atoms with van der Waals surface area (Å²) in [5.41, 5.74) is -2.09. The van der Waals surface area contributed by atoms with Gasteiger partial charge in [0.15, 0.2) is 0 Å². The number of methoxy groups -OCH3 is 2. The largest absolute Gasteiger partial charge is 0.497 e. The predicted octanol–water partition coefficient (Wildman–Crippen LogP) is 4.24. The molecule has 0 spiro atoms. The van der Waals surface area contributed by atoms with E-state index in [0.717, 1.165) is 0 Å². The summed E-state index contributed by atoms with van der Waals surface area (Å²) in [4.78, 5) is 26.1. The normalized spacial score (nSPS) is 13.3. The molecule has 33 heavy (non-hydrogen) atoms. The number of carbonyl (C=O) groups is 2. The molecule has 0 fully saturated rings. The Morgan fingerprint density at radius 3 is 2.12 bits per heavy atom. The van der Waals surface area contributed by atoms with Gasteiger partial charge in [0, 0.05) is 17.1 Å². The summed E-state index contributed by atoms with van der Waals surface area (Å²) in [7, 11) is 3.03. The zero-order chi connectivity index (χ0) is 24.4. The molecule has 0 aliphatic rings. The number of ether oxygens (including phenoxy) is 4. The van der Waals surface area contributed by atoms with Crippen molar-refractivity contribution in [1.29, 1.82) is 0 Å². The van der Waals surface area contributed by atoms with Gasteiger partial charge >= 0.3 is 12.1 Å². The lowest BCUT2D eigenvalue weighted by Crippen LogP contribution is -2.38. The summed E-state index contributed by atoms with van der Waals surface area (Å²) in [5.74, 6) is 0.177. The minimum atomic E-state index is -2.21. The van der Waals surface area contributed by atoms with Crippen LogP contribution in [0.25, 0.3) is 10.9 Å². The van der Waals surface area contributed by atoms with Crippen molar-refractivity contribution >= 4 is 23.0 Å². The lowest BCUT2D eigenvalue weighted by molar-refractivity contribution is -0.161. The van der Waals surface area contributed by atoms with Crippen LogP contribution in [0, 0.1) is 0 Å². The van der Waals surface area contributed by atoms with Crippen LogP contribution in [0.5, 0.6) is 11.5 Å². The van der Waals surface area contributed by atoms with E-state index in [1.165, 1.54) is 25.0 Å². The van der Waals surface area contributed by atoms with Crippen molar-refractivity contribution in [2.24, 2.45) is 0 Å². The molecular formula is C25H29NO7. The van der Waals surface area contributed by atoms with Crippen molar-refractivity contribution < 1.29 is 33.6 Å². The third-order valence-electron chi connectivity index (χ3n) is 5.07. The van der Waals surface area contributed by atoms with Crippen LogP contribution in [0.1, 0.15) is 38.8 Å². The molecule has 0 aliphatic carbocycles. The fraction of sp³-hybridized carbons (Fsp3) is 0.360. The highest BCUT2D eigenvalue weighted by Crippen LogP contribution is 2.39. The molecule has 0 aliphatic heterocycles. The van der Waals surface area contributed by atoms with Crippen molar-refractivity contribution in [3.8, 4) is 11.5 Å². The lowest BCUT2D eigenvalue weighted by Gasteiger charge is -2.26. The Kier molecular flexibility index (Phi) is 6.69. The second kappa shape index (κ2) is 9.15. The van der Waals surface area contributed by atoms with E-state index in [9.17, 15) is 14.7 Å². The molecular weight excluding hydrogens is 426 g/mol. The molecule has 0 unspecified atom stereocenters. The van der Waals surface area contributed by atoms with Gasteiger partial charge in [-0.15, -0.1) is 0 Å². The molecule has 0 saturated carbocycles. The smallest absolute Gasteiger partial charge is 0.419 e. The van der Waals surface area contributed by atoms with Crippen LogP contribution < -0.4 is 9.47 Å². The maximum absolute atomic E-state index is 13.2. The Labute approximate surface area is 192 Å². The van der Waals surface area contributed by atoms with Crippen molar-refractivity contribution in [1.82, 2.24) is 4.57 Å². The number of rotatable bonds is 6. The van der Waals surface area contributed by atoms with Crippen LogP contribution in [-0.4, -0.2) is 48.2 Å². The Morgan fingerprint density at radius 1 is 0.970 bits per heavy atom. The molecule has 0 amide bonds. The first kappa shape index (κ1) is 24.1. The average Bonchev–Trinajstić information content (AvgIpc) is 3.17. The fourth-order valence-electron chi connectivity index (χ4n) is 3.54. The third-order valence-corrected chi connectivity index (χ3v) is 5.07. The number of aromatic nitrogens is 1. The van der Waals surface area contributed by atoms with Crippen LogP contribution in [0.2, 0.25) is 0 Å². The number of esters is 1. The number of hydrogen-bond acceptors (Lipinski definition) is 7. The number of benzene rings is 2. The second-order valence-electron chi connectivity index (χ2n) is 8.44. The summed E-state index contributed by atoms with van der Waals surface area (Å²) in [6.07, 6.45) is 0.754. The van der Waals surface area contributed by atoms with Crippen LogP contribution in [0.3, 0.4) is 0 Å². The Bertz CT molecular complexity index is 1160. The summed E-state index contributed by atoms with van der Waals surface area (Å²) in [6, 6.07) is 11.4. The van der Waals surface area contributed by atoms with Crippen molar-refractivity contribution in [2.75, 3.05) is 20.8 Å². The number of aliphatic hydroxyl groups is 1. The van der Waals surface area contributed by atoms with Gasteiger partial charge in [-0.3, -0.25) is 4.57 Å². The van der Waals surface area contributed by atoms with Gasteiger partial charge in [-0.1, -0.05) is 12.1 Å². The molecule has 0 radical (unpaired) electrons. The van der Waals surface area contributed by atoms with E-state index >= 15 is 0 Å². The third kappa shape index (κ3) is 4.66. The van der Waals surface area contributed by atoms with E-state index in [2.05, 4.69) is 0 Å². The van der Waals surface area contributed by atoms with Gasteiger partial charge < -0.3 is 24.1 Å². The van der Waals surface area contributed by atoms with Gasteiger partial charge in [0.1, 0.15) is 17.1 Å². The number of hydrogen-bond donors (Lipinski definition) is 1. The lowest BCUT2D eigenvalue weighted by atomic mass is 9.86. The Balaban J connectivity index is 2.31. The summed E-state index contributed by atoms with van der Waals surface area (Å²) in [6.45, 7) is 6.98. The highest BCUT2D eigenvalue weighted by Gasteiger charge is 2.44. The number of fused-ring (bicyclic) bond motifs is 1. The maximum Gasteiger partial charge on any atom is 0.419 e. The van der Waals surface area contributed by atoms with Gasteiger partial charge in [0.05, 0.1) is 26.3 Å². The zero-order valence-electron chi connectivity index (χ0n) is 19.7. The molecule has 2 aromatic carbocycles. The Hall–Kier alpha value is -3.52. The molecule has 1 N–H and O–H groups in total. The minimum Gasteiger partial charge on any atom is -0.497 e. The van der Waals surface area contributed by atoms with E-state index in [4.69, 9.17) is 18.9 Å².